The van der Waals surface area contributed by atoms with Gasteiger partial charge in [-0.1, -0.05) is 50.6 Å². The lowest BCUT2D eigenvalue weighted by Gasteiger charge is -2.15. The Morgan fingerprint density at radius 1 is 1.19 bits per heavy atom. The van der Waals surface area contributed by atoms with Crippen molar-refractivity contribution in [3.63, 3.8) is 0 Å². The van der Waals surface area contributed by atoms with Gasteiger partial charge in [0.15, 0.2) is 0 Å². The molecule has 5 heteroatoms. The molecule has 5 nitrogen and oxygen atoms in total. The van der Waals surface area contributed by atoms with E-state index in [1.807, 2.05) is 52.0 Å². The first-order valence-electron chi connectivity index (χ1n) is 6.97. The first-order valence-corrected chi connectivity index (χ1v) is 6.97. The van der Waals surface area contributed by atoms with E-state index in [0.717, 1.165) is 12.0 Å². The summed E-state index contributed by atoms with van der Waals surface area (Å²) in [5.74, 6) is -0.113. The Labute approximate surface area is 126 Å². The number of carbonyl (C=O) groups is 3. The summed E-state index contributed by atoms with van der Waals surface area (Å²) < 4.78 is 0. The van der Waals surface area contributed by atoms with E-state index in [4.69, 9.17) is 9.90 Å². The summed E-state index contributed by atoms with van der Waals surface area (Å²) in [6.45, 7) is 8.04. The molecule has 1 N–H and O–H groups in total. The fourth-order valence-electron chi connectivity index (χ4n) is 1.43. The van der Waals surface area contributed by atoms with E-state index in [1.165, 1.54) is 10.5 Å². The van der Waals surface area contributed by atoms with Gasteiger partial charge >= 0.3 is 0 Å². The third-order valence-corrected chi connectivity index (χ3v) is 2.38. The molecule has 1 aromatic rings. The van der Waals surface area contributed by atoms with Gasteiger partial charge in [-0.3, -0.25) is 19.3 Å². The lowest BCUT2D eigenvalue weighted by molar-refractivity contribution is -0.138. The molecule has 0 aliphatic heterocycles. The molecule has 0 unspecified atom stereocenters. The van der Waals surface area contributed by atoms with Gasteiger partial charge in [-0.15, -0.1) is 0 Å². The van der Waals surface area contributed by atoms with E-state index in [2.05, 4.69) is 0 Å². The Hall–Kier alpha value is -2.17. The van der Waals surface area contributed by atoms with E-state index in [-0.39, 0.29) is 12.4 Å². The number of amides is 2. The maximum Gasteiger partial charge on any atom is 0.290 e. The van der Waals surface area contributed by atoms with Crippen LogP contribution in [0.5, 0.6) is 0 Å². The average molecular weight is 295 g/mol. The first-order chi connectivity index (χ1) is 10.1. The van der Waals surface area contributed by atoms with Crippen LogP contribution in [-0.2, 0) is 20.9 Å². The monoisotopic (exact) mass is 295 g/mol. The topological polar surface area (TPSA) is 74.7 Å². The molecular formula is C16H25NO4. The van der Waals surface area contributed by atoms with E-state index in [1.54, 1.807) is 0 Å². The third-order valence-electron chi connectivity index (χ3n) is 2.38. The molecule has 21 heavy (non-hydrogen) atoms. The van der Waals surface area contributed by atoms with Crippen molar-refractivity contribution in [1.82, 2.24) is 4.90 Å². The predicted octanol–water partition coefficient (Wildman–Crippen LogP) is 3.01. The quantitative estimate of drug-likeness (QED) is 0.847. The van der Waals surface area contributed by atoms with Crippen LogP contribution < -0.4 is 0 Å². The molecule has 0 radical (unpaired) electrons. The Morgan fingerprint density at radius 2 is 1.67 bits per heavy atom. The van der Waals surface area contributed by atoms with E-state index >= 15 is 0 Å². The molecule has 1 rings (SSSR count). The summed E-state index contributed by atoms with van der Waals surface area (Å²) in [5, 5.41) is 6.89. The van der Waals surface area contributed by atoms with Gasteiger partial charge in [-0.05, 0) is 18.9 Å². The molecule has 0 aliphatic rings. The normalized spacial score (nSPS) is 8.38. The molecule has 0 saturated carbocycles. The summed E-state index contributed by atoms with van der Waals surface area (Å²) in [7, 11) is 0. The number of imide groups is 1. The molecule has 0 spiro atoms. The van der Waals surface area contributed by atoms with Crippen LogP contribution in [0.2, 0.25) is 0 Å². The molecule has 1 aromatic carbocycles. The Balaban J connectivity index is 0. The molecule has 0 aliphatic carbocycles. The zero-order valence-electron chi connectivity index (χ0n) is 13.2. The minimum absolute atomic E-state index is 0.113. The van der Waals surface area contributed by atoms with Gasteiger partial charge in [0.2, 0.25) is 12.3 Å². The summed E-state index contributed by atoms with van der Waals surface area (Å²) in [6.07, 6.45) is 1.79. The number of hydrogen-bond acceptors (Lipinski definition) is 3. The van der Waals surface area contributed by atoms with Crippen LogP contribution in [0.1, 0.15) is 44.7 Å². The second-order valence-electron chi connectivity index (χ2n) is 3.97. The highest BCUT2D eigenvalue weighted by molar-refractivity contribution is 5.85. The number of aryl methyl sites for hydroxylation is 1. The second kappa shape index (κ2) is 14.2. The first kappa shape index (κ1) is 21.1. The van der Waals surface area contributed by atoms with Crippen LogP contribution >= 0.6 is 0 Å². The predicted molar refractivity (Wildman–Crippen MR) is 82.7 cm³/mol. The van der Waals surface area contributed by atoms with Crippen molar-refractivity contribution < 1.29 is 19.5 Å². The maximum absolute atomic E-state index is 11.5. The van der Waals surface area contributed by atoms with Crippen LogP contribution in [0, 0.1) is 6.92 Å². The number of rotatable bonds is 5. The number of carbonyl (C=O) groups excluding carboxylic acids is 2. The van der Waals surface area contributed by atoms with E-state index in [9.17, 15) is 9.59 Å². The van der Waals surface area contributed by atoms with Gasteiger partial charge in [-0.25, -0.2) is 0 Å². The fraction of sp³-hybridized carbons (Fsp3) is 0.438. The van der Waals surface area contributed by atoms with Crippen LogP contribution in [0.4, 0.5) is 0 Å². The highest BCUT2D eigenvalue weighted by atomic mass is 16.3. The lowest BCUT2D eigenvalue weighted by Crippen LogP contribution is -2.28. The number of nitrogens with zero attached hydrogens (tertiary/aromatic N) is 1. The zero-order chi connectivity index (χ0) is 16.7. The smallest absolute Gasteiger partial charge is 0.290 e. The van der Waals surface area contributed by atoms with Gasteiger partial charge in [0, 0.05) is 6.42 Å². The minimum Gasteiger partial charge on any atom is -0.483 e. The van der Waals surface area contributed by atoms with Gasteiger partial charge in [0.1, 0.15) is 0 Å². The Morgan fingerprint density at radius 3 is 2.05 bits per heavy atom. The lowest BCUT2D eigenvalue weighted by atomic mass is 10.1. The molecular weight excluding hydrogens is 270 g/mol. The standard InChI is InChI=1S/C13H17NO2.C2H6.CH2O2/c1-3-4-13(16)14(10-15)9-12-7-5-11(2)6-8-12;1-2;2-1-3/h5-8,10H,3-4,9H2,1-2H3;1-2H3;1H,(H,2,3). The third kappa shape index (κ3) is 10.3. The average Bonchev–Trinajstić information content (AvgIpc) is 2.49. The van der Waals surface area contributed by atoms with Crippen LogP contribution in [-0.4, -0.2) is 28.8 Å². The summed E-state index contributed by atoms with van der Waals surface area (Å²) in [5.41, 5.74) is 2.14. The minimum atomic E-state index is -0.250. The summed E-state index contributed by atoms with van der Waals surface area (Å²) >= 11 is 0. The molecule has 0 bridgehead atoms. The van der Waals surface area contributed by atoms with Crippen LogP contribution in [0.15, 0.2) is 24.3 Å². The van der Waals surface area contributed by atoms with Crippen molar-refractivity contribution in [2.45, 2.75) is 47.1 Å². The van der Waals surface area contributed by atoms with Crippen molar-refractivity contribution in [1.29, 1.82) is 0 Å². The van der Waals surface area contributed by atoms with Crippen molar-refractivity contribution in [2.24, 2.45) is 0 Å². The van der Waals surface area contributed by atoms with E-state index in [0.29, 0.717) is 19.4 Å². The molecule has 0 saturated heterocycles. The molecule has 2 amide bonds. The summed E-state index contributed by atoms with van der Waals surface area (Å²) in [6, 6.07) is 7.82. The zero-order valence-corrected chi connectivity index (χ0v) is 13.2. The maximum atomic E-state index is 11.5. The largest absolute Gasteiger partial charge is 0.483 e. The van der Waals surface area contributed by atoms with Gasteiger partial charge in [0.25, 0.3) is 6.47 Å². The fourth-order valence-corrected chi connectivity index (χ4v) is 1.43. The van der Waals surface area contributed by atoms with Crippen molar-refractivity contribution in [3.05, 3.63) is 35.4 Å². The second-order valence-corrected chi connectivity index (χ2v) is 3.97. The van der Waals surface area contributed by atoms with Gasteiger partial charge in [0.05, 0.1) is 6.54 Å². The van der Waals surface area contributed by atoms with Crippen LogP contribution in [0.25, 0.3) is 0 Å². The van der Waals surface area contributed by atoms with Crippen molar-refractivity contribution in [3.8, 4) is 0 Å². The SMILES string of the molecule is CC.CCCC(=O)N(C=O)Cc1ccc(C)cc1.O=CO. The van der Waals surface area contributed by atoms with Crippen molar-refractivity contribution >= 4 is 18.8 Å². The number of benzene rings is 1. The number of hydrogen-bond donors (Lipinski definition) is 1. The Kier molecular flexibility index (Phi) is 14.3. The van der Waals surface area contributed by atoms with Crippen LogP contribution in [0.3, 0.4) is 0 Å². The highest BCUT2D eigenvalue weighted by Gasteiger charge is 2.11. The summed E-state index contributed by atoms with van der Waals surface area (Å²) in [4.78, 5) is 31.9. The molecule has 0 heterocycles. The van der Waals surface area contributed by atoms with Gasteiger partial charge < -0.3 is 5.11 Å². The highest BCUT2D eigenvalue weighted by Crippen LogP contribution is 2.07. The van der Waals surface area contributed by atoms with Gasteiger partial charge in [-0.2, -0.15) is 0 Å². The molecule has 0 aromatic heterocycles. The van der Waals surface area contributed by atoms with E-state index < -0.39 is 0 Å². The Bertz CT molecular complexity index is 401. The number of carboxylic acid groups (broad SMARTS) is 1. The molecule has 118 valence electrons. The molecule has 0 atom stereocenters. The van der Waals surface area contributed by atoms with Crippen molar-refractivity contribution in [2.75, 3.05) is 0 Å². The molecule has 0 fully saturated rings.